The summed E-state index contributed by atoms with van der Waals surface area (Å²) >= 11 is 0. The van der Waals surface area contributed by atoms with E-state index in [0.29, 0.717) is 5.76 Å². The fourth-order valence-corrected chi connectivity index (χ4v) is 2.18. The molecule has 1 heterocycles. The summed E-state index contributed by atoms with van der Waals surface area (Å²) < 4.78 is 17.5. The molecule has 0 saturated heterocycles. The molecule has 3 N–H and O–H groups in total. The van der Waals surface area contributed by atoms with Crippen molar-refractivity contribution < 1.29 is 18.4 Å². The number of benzene rings is 1. The van der Waals surface area contributed by atoms with Gasteiger partial charge in [0.15, 0.2) is 0 Å². The van der Waals surface area contributed by atoms with Crippen LogP contribution in [0, 0.1) is 0 Å². The van der Waals surface area contributed by atoms with Gasteiger partial charge in [-0.05, 0) is 24.6 Å². The molecule has 2 rings (SSSR count). The molecule has 0 saturated carbocycles. The van der Waals surface area contributed by atoms with Gasteiger partial charge in [-0.25, -0.2) is 9.18 Å². The normalized spacial score (nSPS) is 12.9. The zero-order valence-corrected chi connectivity index (χ0v) is 13.3. The minimum absolute atomic E-state index is 0.0779. The van der Waals surface area contributed by atoms with Crippen molar-refractivity contribution in [3.63, 3.8) is 0 Å². The van der Waals surface area contributed by atoms with Crippen LogP contribution in [-0.2, 0) is 4.79 Å². The van der Waals surface area contributed by atoms with Gasteiger partial charge in [-0.15, -0.1) is 0 Å². The van der Waals surface area contributed by atoms with Gasteiger partial charge in [0, 0.05) is 6.54 Å². The van der Waals surface area contributed by atoms with E-state index in [1.165, 1.54) is 13.2 Å². The first-order chi connectivity index (χ1) is 11.6. The largest absolute Gasteiger partial charge is 0.467 e. The smallest absolute Gasteiger partial charge is 0.316 e. The maximum atomic E-state index is 12.2. The van der Waals surface area contributed by atoms with Gasteiger partial charge in [-0.2, -0.15) is 0 Å². The summed E-state index contributed by atoms with van der Waals surface area (Å²) in [6.07, 6.45) is 1.53. The number of carbonyl (C=O) groups excluding carboxylic acids is 2. The number of amides is 3. The van der Waals surface area contributed by atoms with Crippen molar-refractivity contribution in [3.05, 3.63) is 60.1 Å². The number of hydrogen-bond acceptors (Lipinski definition) is 3. The highest BCUT2D eigenvalue weighted by molar-refractivity contribution is 5.86. The second kappa shape index (κ2) is 8.71. The molecule has 0 unspecified atom stereocenters. The van der Waals surface area contributed by atoms with E-state index in [0.717, 1.165) is 5.56 Å². The van der Waals surface area contributed by atoms with Gasteiger partial charge in [0.05, 0.1) is 6.26 Å². The van der Waals surface area contributed by atoms with Gasteiger partial charge < -0.3 is 20.4 Å². The molecule has 2 aromatic rings. The van der Waals surface area contributed by atoms with E-state index < -0.39 is 30.7 Å². The third-order valence-electron chi connectivity index (χ3n) is 3.37. The fraction of sp³-hybridized carbons (Fsp3) is 0.294. The minimum atomic E-state index is -0.787. The van der Waals surface area contributed by atoms with Crippen molar-refractivity contribution in [1.82, 2.24) is 16.0 Å². The molecule has 0 radical (unpaired) electrons. The number of alkyl halides is 1. The number of halogens is 1. The highest BCUT2D eigenvalue weighted by Crippen LogP contribution is 2.22. The Hall–Kier alpha value is -2.83. The Bertz CT molecular complexity index is 646. The van der Waals surface area contributed by atoms with E-state index in [9.17, 15) is 14.0 Å². The topological polar surface area (TPSA) is 83.4 Å². The Morgan fingerprint density at radius 2 is 1.88 bits per heavy atom. The molecule has 0 aliphatic heterocycles. The number of furan rings is 1. The number of urea groups is 1. The molecule has 1 aromatic carbocycles. The predicted octanol–water partition coefficient (Wildman–Crippen LogP) is 2.14. The van der Waals surface area contributed by atoms with Crippen LogP contribution in [0.3, 0.4) is 0 Å². The Kier molecular flexibility index (Phi) is 6.36. The first kappa shape index (κ1) is 17.5. The summed E-state index contributed by atoms with van der Waals surface area (Å²) in [5.41, 5.74) is 0.845. The Morgan fingerprint density at radius 1 is 1.12 bits per heavy atom. The van der Waals surface area contributed by atoms with E-state index in [1.54, 1.807) is 12.1 Å². The highest BCUT2D eigenvalue weighted by Gasteiger charge is 2.21. The Morgan fingerprint density at radius 3 is 2.50 bits per heavy atom. The molecule has 128 valence electrons. The van der Waals surface area contributed by atoms with Crippen molar-refractivity contribution in [1.29, 1.82) is 0 Å². The van der Waals surface area contributed by atoms with Gasteiger partial charge in [0.25, 0.3) is 0 Å². The summed E-state index contributed by atoms with van der Waals surface area (Å²) in [4.78, 5) is 23.9. The summed E-state index contributed by atoms with van der Waals surface area (Å²) in [6, 6.07) is 11.0. The van der Waals surface area contributed by atoms with E-state index in [4.69, 9.17) is 4.42 Å². The number of hydrogen-bond donors (Lipinski definition) is 3. The van der Waals surface area contributed by atoms with E-state index >= 15 is 0 Å². The second-order valence-electron chi connectivity index (χ2n) is 5.18. The summed E-state index contributed by atoms with van der Waals surface area (Å²) in [5.74, 6) is 0.128. The van der Waals surface area contributed by atoms with Gasteiger partial charge in [0.2, 0.25) is 5.91 Å². The molecule has 7 heteroatoms. The molecular weight excluding hydrogens is 313 g/mol. The molecular formula is C17H20FN3O3. The average Bonchev–Trinajstić information content (AvgIpc) is 3.12. The SMILES string of the molecule is C[C@@H](NC(=O)N[C@@H](c1ccccc1)c1ccco1)C(=O)NCCF. The van der Waals surface area contributed by atoms with Gasteiger partial charge in [-0.1, -0.05) is 30.3 Å². The monoisotopic (exact) mass is 333 g/mol. The molecule has 0 spiro atoms. The lowest BCUT2D eigenvalue weighted by Gasteiger charge is -2.20. The van der Waals surface area contributed by atoms with E-state index in [1.807, 2.05) is 30.3 Å². The summed E-state index contributed by atoms with van der Waals surface area (Å²) in [5, 5.41) is 7.68. The van der Waals surface area contributed by atoms with E-state index in [-0.39, 0.29) is 6.54 Å². The Labute approximate surface area is 139 Å². The summed E-state index contributed by atoms with van der Waals surface area (Å²) in [7, 11) is 0. The van der Waals surface area contributed by atoms with Crippen LogP contribution in [0.4, 0.5) is 9.18 Å². The van der Waals surface area contributed by atoms with Crippen LogP contribution >= 0.6 is 0 Å². The van der Waals surface area contributed by atoms with Crippen LogP contribution in [0.25, 0.3) is 0 Å². The van der Waals surface area contributed by atoms with Crippen LogP contribution in [0.1, 0.15) is 24.3 Å². The van der Waals surface area contributed by atoms with Gasteiger partial charge in [0.1, 0.15) is 24.5 Å². The molecule has 0 aliphatic rings. The lowest BCUT2D eigenvalue weighted by Crippen LogP contribution is -2.49. The molecule has 3 amide bonds. The van der Waals surface area contributed by atoms with Crippen molar-refractivity contribution >= 4 is 11.9 Å². The zero-order valence-electron chi connectivity index (χ0n) is 13.3. The van der Waals surface area contributed by atoms with Gasteiger partial charge in [-0.3, -0.25) is 4.79 Å². The van der Waals surface area contributed by atoms with E-state index in [2.05, 4.69) is 16.0 Å². The molecule has 0 fully saturated rings. The molecule has 1 aromatic heterocycles. The lowest BCUT2D eigenvalue weighted by atomic mass is 10.0. The number of nitrogens with one attached hydrogen (secondary N) is 3. The predicted molar refractivity (Wildman–Crippen MR) is 87.1 cm³/mol. The minimum Gasteiger partial charge on any atom is -0.467 e. The van der Waals surface area contributed by atoms with Crippen LogP contribution in [0.2, 0.25) is 0 Å². The van der Waals surface area contributed by atoms with Crippen LogP contribution in [-0.4, -0.2) is 31.2 Å². The zero-order chi connectivity index (χ0) is 17.4. The molecule has 0 bridgehead atoms. The molecule has 6 nitrogen and oxygen atoms in total. The molecule has 0 aliphatic carbocycles. The standard InChI is InChI=1S/C17H20FN3O3/c1-12(16(22)19-10-9-18)20-17(23)21-15(14-8-5-11-24-14)13-6-3-2-4-7-13/h2-8,11-12,15H,9-10H2,1H3,(H,19,22)(H2,20,21,23)/t12-,15+/m1/s1. The van der Waals surface area contributed by atoms with Crippen LogP contribution in [0.5, 0.6) is 0 Å². The first-order valence-corrected chi connectivity index (χ1v) is 7.61. The first-order valence-electron chi connectivity index (χ1n) is 7.61. The third-order valence-corrected chi connectivity index (χ3v) is 3.37. The average molecular weight is 333 g/mol. The lowest BCUT2D eigenvalue weighted by molar-refractivity contribution is -0.122. The fourth-order valence-electron chi connectivity index (χ4n) is 2.18. The van der Waals surface area contributed by atoms with Gasteiger partial charge >= 0.3 is 6.03 Å². The number of rotatable bonds is 7. The van der Waals surface area contributed by atoms with Crippen LogP contribution < -0.4 is 16.0 Å². The number of carbonyl (C=O) groups is 2. The van der Waals surface area contributed by atoms with Crippen molar-refractivity contribution in [3.8, 4) is 0 Å². The van der Waals surface area contributed by atoms with Crippen LogP contribution in [0.15, 0.2) is 53.1 Å². The maximum Gasteiger partial charge on any atom is 0.316 e. The maximum absolute atomic E-state index is 12.2. The highest BCUT2D eigenvalue weighted by atomic mass is 19.1. The van der Waals surface area contributed by atoms with Crippen molar-refractivity contribution in [2.45, 2.75) is 19.0 Å². The molecule has 2 atom stereocenters. The molecule has 24 heavy (non-hydrogen) atoms. The second-order valence-corrected chi connectivity index (χ2v) is 5.18. The quantitative estimate of drug-likeness (QED) is 0.726. The summed E-state index contributed by atoms with van der Waals surface area (Å²) in [6.45, 7) is 0.794. The Balaban J connectivity index is 2.02. The van der Waals surface area contributed by atoms with Crippen molar-refractivity contribution in [2.24, 2.45) is 0 Å². The third kappa shape index (κ3) is 4.84. The van der Waals surface area contributed by atoms with Crippen molar-refractivity contribution in [2.75, 3.05) is 13.2 Å².